The second-order valence-corrected chi connectivity index (χ2v) is 10.6. The molecule has 0 saturated carbocycles. The van der Waals surface area contributed by atoms with Crippen molar-refractivity contribution in [1.29, 1.82) is 0 Å². The summed E-state index contributed by atoms with van der Waals surface area (Å²) in [6.07, 6.45) is 1.90. The van der Waals surface area contributed by atoms with Crippen LogP contribution in [0.3, 0.4) is 0 Å². The number of anilines is 1. The van der Waals surface area contributed by atoms with Crippen LogP contribution in [0.15, 0.2) is 64.1 Å². The highest BCUT2D eigenvalue weighted by Crippen LogP contribution is 2.36. The van der Waals surface area contributed by atoms with Crippen LogP contribution in [0.1, 0.15) is 30.7 Å². The van der Waals surface area contributed by atoms with Gasteiger partial charge in [0.15, 0.2) is 5.13 Å². The number of rotatable bonds is 7. The number of thioether (sulfide) groups is 1. The Bertz CT molecular complexity index is 1150. The molecule has 2 aromatic heterocycles. The molecule has 0 bridgehead atoms. The number of nitrogens with zero attached hydrogens (tertiary/aromatic N) is 2. The first-order valence-corrected chi connectivity index (χ1v) is 12.1. The van der Waals surface area contributed by atoms with Crippen molar-refractivity contribution in [2.45, 2.75) is 43.9 Å². The maximum absolute atomic E-state index is 13.4. The number of aryl methyl sites for hydroxylation is 1. The summed E-state index contributed by atoms with van der Waals surface area (Å²) in [5, 5.41) is 1.79. The third-order valence-electron chi connectivity index (χ3n) is 4.76. The van der Waals surface area contributed by atoms with Gasteiger partial charge in [-0.1, -0.05) is 55.0 Å². The fourth-order valence-electron chi connectivity index (χ4n) is 3.26. The Labute approximate surface area is 195 Å². The quantitative estimate of drug-likeness (QED) is 0.269. The minimum atomic E-state index is -0.0338. The van der Waals surface area contributed by atoms with Crippen molar-refractivity contribution in [3.8, 4) is 0 Å². The summed E-state index contributed by atoms with van der Waals surface area (Å²) >= 11 is 9.64. The summed E-state index contributed by atoms with van der Waals surface area (Å²) in [5.41, 5.74) is 2.84. The van der Waals surface area contributed by atoms with Gasteiger partial charge in [0.05, 0.1) is 34.5 Å². The van der Waals surface area contributed by atoms with Gasteiger partial charge in [0.2, 0.25) is 5.91 Å². The molecule has 1 amide bonds. The lowest BCUT2D eigenvalue weighted by molar-refractivity contribution is -0.118. The third-order valence-corrected chi connectivity index (χ3v) is 7.32. The molecule has 4 rings (SSSR count). The molecule has 0 N–H and O–H groups in total. The first-order valence-electron chi connectivity index (χ1n) is 10.0. The average molecular weight is 471 g/mol. The molecule has 0 atom stereocenters. The maximum Gasteiger partial charge on any atom is 0.233 e. The number of benzene rings is 2. The van der Waals surface area contributed by atoms with Crippen LogP contribution in [-0.2, 0) is 17.8 Å². The highest BCUT2D eigenvalue weighted by Gasteiger charge is 2.23. The van der Waals surface area contributed by atoms with E-state index in [-0.39, 0.29) is 12.3 Å². The van der Waals surface area contributed by atoms with Gasteiger partial charge in [-0.15, -0.1) is 11.8 Å². The summed E-state index contributed by atoms with van der Waals surface area (Å²) in [4.78, 5) is 21.0. The summed E-state index contributed by atoms with van der Waals surface area (Å²) in [5.74, 6) is 0.674. The zero-order chi connectivity index (χ0) is 22.0. The lowest BCUT2D eigenvalue weighted by Crippen LogP contribution is -2.31. The minimum absolute atomic E-state index is 0.0338. The fourth-order valence-corrected chi connectivity index (χ4v) is 5.43. The topological polar surface area (TPSA) is 46.3 Å². The van der Waals surface area contributed by atoms with Gasteiger partial charge in [0, 0.05) is 10.1 Å². The van der Waals surface area contributed by atoms with Crippen LogP contribution in [0.5, 0.6) is 0 Å². The van der Waals surface area contributed by atoms with Gasteiger partial charge in [0.1, 0.15) is 5.76 Å². The number of fused-ring (bicyclic) bond motifs is 1. The number of hydrogen-bond donors (Lipinski definition) is 0. The molecule has 2 aromatic carbocycles. The second kappa shape index (κ2) is 9.47. The molecule has 0 unspecified atom stereocenters. The van der Waals surface area contributed by atoms with E-state index in [2.05, 4.69) is 26.0 Å². The number of hydrogen-bond acceptors (Lipinski definition) is 5. The Morgan fingerprint density at radius 3 is 2.61 bits per heavy atom. The van der Waals surface area contributed by atoms with E-state index in [0.29, 0.717) is 27.7 Å². The standard InChI is InChI=1S/C24H23ClN2O2S2/c1-15(2)30-19-9-7-17(8-10-19)13-21(28)27(14-18-5-4-12-29-18)24-26-22-16(3)6-11-20(25)23(22)31-24/h4-12,15H,13-14H2,1-3H3. The van der Waals surface area contributed by atoms with Gasteiger partial charge in [-0.3, -0.25) is 9.69 Å². The molecule has 0 fully saturated rings. The average Bonchev–Trinajstić information content (AvgIpc) is 3.40. The van der Waals surface area contributed by atoms with Crippen LogP contribution >= 0.6 is 34.7 Å². The van der Waals surface area contributed by atoms with Crippen LogP contribution in [0.4, 0.5) is 5.13 Å². The summed E-state index contributed by atoms with van der Waals surface area (Å²) < 4.78 is 6.41. The number of furan rings is 1. The highest BCUT2D eigenvalue weighted by molar-refractivity contribution is 7.99. The molecule has 0 aliphatic carbocycles. The number of carbonyl (C=O) groups excluding carboxylic acids is 1. The Balaban J connectivity index is 1.63. The van der Waals surface area contributed by atoms with E-state index in [0.717, 1.165) is 21.3 Å². The van der Waals surface area contributed by atoms with E-state index in [1.54, 1.807) is 11.2 Å². The zero-order valence-corrected chi connectivity index (χ0v) is 20.0. The molecule has 160 valence electrons. The van der Waals surface area contributed by atoms with Crippen molar-refractivity contribution in [2.24, 2.45) is 0 Å². The number of carbonyl (C=O) groups is 1. The molecule has 4 aromatic rings. The summed E-state index contributed by atoms with van der Waals surface area (Å²) in [7, 11) is 0. The van der Waals surface area contributed by atoms with E-state index in [1.165, 1.54) is 16.2 Å². The number of thiazole rings is 1. The van der Waals surface area contributed by atoms with Crippen LogP contribution in [0.25, 0.3) is 10.2 Å². The Hall–Kier alpha value is -2.28. The Morgan fingerprint density at radius 2 is 1.97 bits per heavy atom. The summed E-state index contributed by atoms with van der Waals surface area (Å²) in [6.45, 7) is 6.66. The van der Waals surface area contributed by atoms with Crippen molar-refractivity contribution in [3.05, 3.63) is 76.7 Å². The fraction of sp³-hybridized carbons (Fsp3) is 0.250. The normalized spacial score (nSPS) is 11.4. The highest BCUT2D eigenvalue weighted by atomic mass is 35.5. The molecule has 0 spiro atoms. The van der Waals surface area contributed by atoms with Crippen molar-refractivity contribution in [3.63, 3.8) is 0 Å². The number of halogens is 1. The van der Waals surface area contributed by atoms with Gasteiger partial charge < -0.3 is 4.42 Å². The third kappa shape index (κ3) is 5.14. The molecule has 0 aliphatic heterocycles. The second-order valence-electron chi connectivity index (χ2n) is 7.59. The van der Waals surface area contributed by atoms with Gasteiger partial charge in [-0.25, -0.2) is 4.98 Å². The molecule has 0 saturated heterocycles. The van der Waals surface area contributed by atoms with Gasteiger partial charge in [-0.05, 0) is 48.4 Å². The smallest absolute Gasteiger partial charge is 0.233 e. The Kier molecular flexibility index (Phi) is 6.70. The lowest BCUT2D eigenvalue weighted by Gasteiger charge is -2.19. The predicted molar refractivity (Wildman–Crippen MR) is 130 cm³/mol. The van der Waals surface area contributed by atoms with Crippen molar-refractivity contribution < 1.29 is 9.21 Å². The zero-order valence-electron chi connectivity index (χ0n) is 17.6. The van der Waals surface area contributed by atoms with E-state index in [1.807, 2.05) is 55.1 Å². The van der Waals surface area contributed by atoms with Crippen LogP contribution < -0.4 is 4.90 Å². The predicted octanol–water partition coefficient (Wildman–Crippen LogP) is 7.13. The van der Waals surface area contributed by atoms with E-state index < -0.39 is 0 Å². The number of aromatic nitrogens is 1. The number of amides is 1. The van der Waals surface area contributed by atoms with E-state index >= 15 is 0 Å². The lowest BCUT2D eigenvalue weighted by atomic mass is 10.1. The molecule has 4 nitrogen and oxygen atoms in total. The van der Waals surface area contributed by atoms with Crippen LogP contribution in [0.2, 0.25) is 5.02 Å². The van der Waals surface area contributed by atoms with E-state index in [9.17, 15) is 4.79 Å². The Morgan fingerprint density at radius 1 is 1.19 bits per heavy atom. The van der Waals surface area contributed by atoms with Crippen molar-refractivity contribution in [2.75, 3.05) is 4.90 Å². The van der Waals surface area contributed by atoms with Gasteiger partial charge >= 0.3 is 0 Å². The monoisotopic (exact) mass is 470 g/mol. The first kappa shape index (κ1) is 21.9. The molecule has 7 heteroatoms. The minimum Gasteiger partial charge on any atom is -0.467 e. The molecule has 0 aliphatic rings. The van der Waals surface area contributed by atoms with Crippen LogP contribution in [0, 0.1) is 6.92 Å². The molecule has 0 radical (unpaired) electrons. The van der Waals surface area contributed by atoms with Crippen LogP contribution in [-0.4, -0.2) is 16.1 Å². The largest absolute Gasteiger partial charge is 0.467 e. The molecular weight excluding hydrogens is 448 g/mol. The van der Waals surface area contributed by atoms with E-state index in [4.69, 9.17) is 21.0 Å². The summed E-state index contributed by atoms with van der Waals surface area (Å²) in [6, 6.07) is 15.7. The van der Waals surface area contributed by atoms with Gasteiger partial charge in [-0.2, -0.15) is 0 Å². The maximum atomic E-state index is 13.4. The SMILES string of the molecule is Cc1ccc(Cl)c2sc(N(Cc3ccco3)C(=O)Cc3ccc(SC(C)C)cc3)nc12. The molecular formula is C24H23ClN2O2S2. The molecule has 31 heavy (non-hydrogen) atoms. The van der Waals surface area contributed by atoms with Gasteiger partial charge in [0.25, 0.3) is 0 Å². The first-order chi connectivity index (χ1) is 14.9. The van der Waals surface area contributed by atoms with Crippen molar-refractivity contribution in [1.82, 2.24) is 4.98 Å². The molecule has 2 heterocycles. The van der Waals surface area contributed by atoms with Crippen molar-refractivity contribution >= 4 is 56.0 Å².